The lowest BCUT2D eigenvalue weighted by Crippen LogP contribution is -2.42. The molecule has 96 valence electrons. The number of carbonyl (C=O) groups excluding carboxylic acids is 1. The van der Waals surface area contributed by atoms with Gasteiger partial charge < -0.3 is 5.11 Å². The van der Waals surface area contributed by atoms with Crippen LogP contribution in [0.1, 0.15) is 52.4 Å². The van der Waals surface area contributed by atoms with Gasteiger partial charge in [-0.25, -0.2) is 5.01 Å². The van der Waals surface area contributed by atoms with E-state index in [1.54, 1.807) is 5.01 Å². The van der Waals surface area contributed by atoms with Crippen molar-refractivity contribution in [2.45, 2.75) is 64.5 Å². The summed E-state index contributed by atoms with van der Waals surface area (Å²) in [6.07, 6.45) is 5.34. The molecule has 1 N–H and O–H groups in total. The molecule has 1 heterocycles. The number of carbonyl (C=O) groups is 1. The second-order valence-corrected chi connectivity index (χ2v) is 5.16. The van der Waals surface area contributed by atoms with E-state index in [1.807, 2.05) is 13.8 Å². The lowest BCUT2D eigenvalue weighted by atomic mass is 10.00. The molecule has 1 amide bonds. The smallest absolute Gasteiger partial charge is 0.251 e. The van der Waals surface area contributed by atoms with E-state index in [0.717, 1.165) is 44.2 Å². The summed E-state index contributed by atoms with van der Waals surface area (Å²) in [6, 6.07) is -0.100. The van der Waals surface area contributed by atoms with Crippen molar-refractivity contribution in [3.63, 3.8) is 0 Å². The predicted molar refractivity (Wildman–Crippen MR) is 66.6 cm³/mol. The van der Waals surface area contributed by atoms with Crippen molar-refractivity contribution in [2.75, 3.05) is 0 Å². The molecule has 0 spiro atoms. The monoisotopic (exact) mass is 238 g/mol. The number of rotatable bonds is 2. The zero-order chi connectivity index (χ0) is 12.4. The van der Waals surface area contributed by atoms with Crippen molar-refractivity contribution >= 4 is 11.6 Å². The minimum absolute atomic E-state index is 0.0644. The third-order valence-corrected chi connectivity index (χ3v) is 3.96. The van der Waals surface area contributed by atoms with Crippen molar-refractivity contribution < 1.29 is 9.90 Å². The Kier molecular flexibility index (Phi) is 3.82. The van der Waals surface area contributed by atoms with Gasteiger partial charge in [-0.3, -0.25) is 4.79 Å². The molecule has 2 aliphatic rings. The summed E-state index contributed by atoms with van der Waals surface area (Å²) in [7, 11) is 0. The van der Waals surface area contributed by atoms with Crippen LogP contribution < -0.4 is 0 Å². The molecule has 1 aliphatic heterocycles. The average Bonchev–Trinajstić information content (AvgIpc) is 2.48. The average molecular weight is 238 g/mol. The van der Waals surface area contributed by atoms with E-state index in [4.69, 9.17) is 0 Å². The molecular weight excluding hydrogens is 216 g/mol. The molecule has 2 rings (SSSR count). The summed E-state index contributed by atoms with van der Waals surface area (Å²) in [5.41, 5.74) is 0.897. The summed E-state index contributed by atoms with van der Waals surface area (Å²) in [4.78, 5) is 12.2. The molecule has 4 nitrogen and oxygen atoms in total. The number of hydrazone groups is 1. The topological polar surface area (TPSA) is 52.9 Å². The van der Waals surface area contributed by atoms with Gasteiger partial charge in [-0.05, 0) is 26.2 Å². The highest BCUT2D eigenvalue weighted by Gasteiger charge is 2.39. The quantitative estimate of drug-likeness (QED) is 0.747. The van der Waals surface area contributed by atoms with Crippen LogP contribution in [0.15, 0.2) is 5.10 Å². The van der Waals surface area contributed by atoms with Crippen LogP contribution in [0.2, 0.25) is 0 Å². The van der Waals surface area contributed by atoms with Gasteiger partial charge in [0.25, 0.3) is 5.91 Å². The summed E-state index contributed by atoms with van der Waals surface area (Å²) < 4.78 is 0. The number of hydrogen-bond donors (Lipinski definition) is 1. The van der Waals surface area contributed by atoms with Gasteiger partial charge in [-0.2, -0.15) is 5.10 Å². The second kappa shape index (κ2) is 5.17. The normalized spacial score (nSPS) is 34.8. The molecule has 3 unspecified atom stereocenters. The number of aliphatic hydroxyl groups is 1. The maximum absolute atomic E-state index is 12.2. The second-order valence-electron chi connectivity index (χ2n) is 5.16. The van der Waals surface area contributed by atoms with Gasteiger partial charge in [0.05, 0.1) is 18.1 Å². The van der Waals surface area contributed by atoms with Gasteiger partial charge in [-0.1, -0.05) is 26.2 Å². The van der Waals surface area contributed by atoms with Crippen molar-refractivity contribution in [3.8, 4) is 0 Å². The van der Waals surface area contributed by atoms with Crippen LogP contribution in [0.5, 0.6) is 0 Å². The Hall–Kier alpha value is -0.900. The van der Waals surface area contributed by atoms with Crippen molar-refractivity contribution in [3.05, 3.63) is 0 Å². The Labute approximate surface area is 103 Å². The predicted octanol–water partition coefficient (Wildman–Crippen LogP) is 1.92. The highest BCUT2D eigenvalue weighted by atomic mass is 16.3. The largest absolute Gasteiger partial charge is 0.391 e. The number of aliphatic hydroxyl groups excluding tert-OH is 1. The Morgan fingerprint density at radius 3 is 2.71 bits per heavy atom. The summed E-state index contributed by atoms with van der Waals surface area (Å²) in [6.45, 7) is 3.92. The lowest BCUT2D eigenvalue weighted by molar-refractivity contribution is -0.136. The van der Waals surface area contributed by atoms with E-state index in [1.165, 1.54) is 0 Å². The highest BCUT2D eigenvalue weighted by molar-refractivity contribution is 6.06. The van der Waals surface area contributed by atoms with Crippen LogP contribution in [0.25, 0.3) is 0 Å². The summed E-state index contributed by atoms with van der Waals surface area (Å²) >= 11 is 0. The van der Waals surface area contributed by atoms with E-state index < -0.39 is 6.10 Å². The van der Waals surface area contributed by atoms with E-state index in [9.17, 15) is 9.90 Å². The molecule has 0 radical (unpaired) electrons. The molecule has 0 aromatic carbocycles. The van der Waals surface area contributed by atoms with Crippen LogP contribution in [0, 0.1) is 5.92 Å². The maximum atomic E-state index is 12.2. The van der Waals surface area contributed by atoms with Crippen LogP contribution >= 0.6 is 0 Å². The van der Waals surface area contributed by atoms with Crippen molar-refractivity contribution in [1.82, 2.24) is 5.01 Å². The third kappa shape index (κ3) is 2.37. The highest BCUT2D eigenvalue weighted by Crippen LogP contribution is 2.28. The van der Waals surface area contributed by atoms with Gasteiger partial charge in [-0.15, -0.1) is 0 Å². The van der Waals surface area contributed by atoms with Gasteiger partial charge in [0, 0.05) is 5.71 Å². The third-order valence-electron chi connectivity index (χ3n) is 3.96. The molecule has 1 saturated carbocycles. The Balaban J connectivity index is 2.14. The molecule has 1 fully saturated rings. The number of hydrogen-bond acceptors (Lipinski definition) is 3. The fourth-order valence-electron chi connectivity index (χ4n) is 2.89. The molecule has 1 aliphatic carbocycles. The zero-order valence-electron chi connectivity index (χ0n) is 10.7. The van der Waals surface area contributed by atoms with E-state index in [2.05, 4.69) is 5.10 Å². The molecule has 0 saturated heterocycles. The summed E-state index contributed by atoms with van der Waals surface area (Å²) in [5.74, 6) is 0.0152. The summed E-state index contributed by atoms with van der Waals surface area (Å²) in [5, 5.41) is 16.1. The first-order valence-electron chi connectivity index (χ1n) is 6.71. The first-order chi connectivity index (χ1) is 8.15. The van der Waals surface area contributed by atoms with Gasteiger partial charge >= 0.3 is 0 Å². The van der Waals surface area contributed by atoms with Gasteiger partial charge in [0.15, 0.2) is 0 Å². The fourth-order valence-corrected chi connectivity index (χ4v) is 2.89. The first kappa shape index (κ1) is 12.6. The van der Waals surface area contributed by atoms with Crippen molar-refractivity contribution in [2.24, 2.45) is 11.0 Å². The SMILES string of the molecule is CCC1C(=O)N(C2CCCCCC2O)N=C1C. The Morgan fingerprint density at radius 2 is 2.06 bits per heavy atom. The molecule has 0 aromatic heterocycles. The molecule has 0 aromatic rings. The molecule has 4 heteroatoms. The maximum Gasteiger partial charge on any atom is 0.251 e. The van der Waals surface area contributed by atoms with Crippen LogP contribution in [0.3, 0.4) is 0 Å². The van der Waals surface area contributed by atoms with Crippen LogP contribution in [-0.2, 0) is 4.79 Å². The fraction of sp³-hybridized carbons (Fsp3) is 0.846. The van der Waals surface area contributed by atoms with E-state index in [0.29, 0.717) is 0 Å². The van der Waals surface area contributed by atoms with Crippen LogP contribution in [-0.4, -0.2) is 33.9 Å². The standard InChI is InChI=1S/C13H22N2O2/c1-3-10-9(2)14-15(13(10)17)11-7-5-4-6-8-12(11)16/h10-12,16H,3-8H2,1-2H3. The minimum atomic E-state index is -0.409. The Bertz CT molecular complexity index is 327. The van der Waals surface area contributed by atoms with Gasteiger partial charge in [0.2, 0.25) is 0 Å². The van der Waals surface area contributed by atoms with E-state index in [-0.39, 0.29) is 17.9 Å². The first-order valence-corrected chi connectivity index (χ1v) is 6.71. The van der Waals surface area contributed by atoms with Crippen LogP contribution in [0.4, 0.5) is 0 Å². The molecular formula is C13H22N2O2. The molecule has 3 atom stereocenters. The lowest BCUT2D eigenvalue weighted by Gasteiger charge is -2.27. The molecule has 0 bridgehead atoms. The minimum Gasteiger partial charge on any atom is -0.391 e. The van der Waals surface area contributed by atoms with E-state index >= 15 is 0 Å². The van der Waals surface area contributed by atoms with Gasteiger partial charge in [0.1, 0.15) is 0 Å². The van der Waals surface area contributed by atoms with Crippen molar-refractivity contribution in [1.29, 1.82) is 0 Å². The zero-order valence-corrected chi connectivity index (χ0v) is 10.7. The number of amides is 1. The molecule has 17 heavy (non-hydrogen) atoms. The Morgan fingerprint density at radius 1 is 1.35 bits per heavy atom. The number of nitrogens with zero attached hydrogens (tertiary/aromatic N) is 2.